The Morgan fingerprint density at radius 3 is 2.09 bits per heavy atom. The number of aliphatic carboxylic acids is 2. The van der Waals surface area contributed by atoms with Gasteiger partial charge in [-0.3, -0.25) is 4.98 Å². The van der Waals surface area contributed by atoms with Crippen LogP contribution in [-0.4, -0.2) is 54.4 Å². The zero-order valence-electron chi connectivity index (χ0n) is 21.2. The van der Waals surface area contributed by atoms with Crippen molar-refractivity contribution in [1.82, 2.24) is 19.9 Å². The van der Waals surface area contributed by atoms with Crippen LogP contribution >= 0.6 is 27.3 Å². The van der Waals surface area contributed by atoms with Crippen LogP contribution in [0.4, 0.5) is 32.0 Å². The van der Waals surface area contributed by atoms with Gasteiger partial charge in [0.1, 0.15) is 11.3 Å². The minimum Gasteiger partial charge on any atom is -0.475 e. The zero-order chi connectivity index (χ0) is 31.8. The number of carboxylic acids is 2. The predicted molar refractivity (Wildman–Crippen MR) is 149 cm³/mol. The molecule has 4 aromatic heterocycles. The first-order valence-corrected chi connectivity index (χ1v) is 13.2. The molecule has 0 aliphatic heterocycles. The highest BCUT2D eigenvalue weighted by molar-refractivity contribution is 9.10. The van der Waals surface area contributed by atoms with Crippen LogP contribution in [0.2, 0.25) is 0 Å². The summed E-state index contributed by atoms with van der Waals surface area (Å²) in [7, 11) is 0. The van der Waals surface area contributed by atoms with Crippen molar-refractivity contribution in [2.45, 2.75) is 18.9 Å². The van der Waals surface area contributed by atoms with Crippen LogP contribution in [0.15, 0.2) is 77.5 Å². The minimum atomic E-state index is -5.08. The lowest BCUT2D eigenvalue weighted by atomic mass is 10.2. The number of pyridine rings is 2. The number of aromatic amines is 1. The van der Waals surface area contributed by atoms with E-state index in [1.54, 1.807) is 17.5 Å². The van der Waals surface area contributed by atoms with Crippen LogP contribution in [0.25, 0.3) is 33.1 Å². The molecule has 0 saturated heterocycles. The van der Waals surface area contributed by atoms with Crippen molar-refractivity contribution in [2.24, 2.45) is 0 Å². The number of anilines is 1. The fourth-order valence-corrected chi connectivity index (χ4v) is 4.31. The molecule has 0 spiro atoms. The molecule has 0 atom stereocenters. The van der Waals surface area contributed by atoms with Gasteiger partial charge >= 0.3 is 24.3 Å². The van der Waals surface area contributed by atoms with Gasteiger partial charge in [0.2, 0.25) is 0 Å². The van der Waals surface area contributed by atoms with Gasteiger partial charge < -0.3 is 20.5 Å². The molecule has 4 N–H and O–H groups in total. The zero-order valence-corrected chi connectivity index (χ0v) is 23.6. The number of carbonyl (C=O) groups is 2. The highest BCUT2D eigenvalue weighted by Gasteiger charge is 2.38. The molecule has 0 aliphatic carbocycles. The number of carboxylic acid groups (broad SMARTS) is 2. The molecular weight excluding hydrogens is 672 g/mol. The molecule has 0 amide bonds. The summed E-state index contributed by atoms with van der Waals surface area (Å²) in [6.45, 7) is 0.777. The summed E-state index contributed by atoms with van der Waals surface area (Å²) in [5.74, 6) is -4.70. The molecule has 0 aliphatic rings. The van der Waals surface area contributed by atoms with Gasteiger partial charge in [0.15, 0.2) is 5.65 Å². The van der Waals surface area contributed by atoms with Crippen molar-refractivity contribution >= 4 is 56.1 Å². The Labute approximate surface area is 250 Å². The van der Waals surface area contributed by atoms with Crippen LogP contribution in [0, 0.1) is 0 Å². The fraction of sp³-hybridized carbons (Fsp3) is 0.115. The molecule has 17 heteroatoms. The molecular formula is C26H18BrF6N5O4S. The summed E-state index contributed by atoms with van der Waals surface area (Å²) < 4.78 is 64.4. The van der Waals surface area contributed by atoms with Crippen LogP contribution < -0.4 is 5.32 Å². The number of nitrogens with one attached hydrogen (secondary N) is 2. The van der Waals surface area contributed by atoms with Crippen LogP contribution in [-0.2, 0) is 16.1 Å². The van der Waals surface area contributed by atoms with Gasteiger partial charge in [-0.15, -0.1) is 11.3 Å². The lowest BCUT2D eigenvalue weighted by Crippen LogP contribution is -2.21. The van der Waals surface area contributed by atoms with E-state index in [1.807, 2.05) is 30.5 Å². The molecule has 5 aromatic rings. The number of halogens is 7. The number of hydrogen-bond acceptors (Lipinski definition) is 7. The molecule has 0 radical (unpaired) electrons. The van der Waals surface area contributed by atoms with Gasteiger partial charge in [-0.2, -0.15) is 26.3 Å². The first-order valence-electron chi connectivity index (χ1n) is 11.6. The molecule has 5 rings (SSSR count). The van der Waals surface area contributed by atoms with E-state index in [0.717, 1.165) is 45.0 Å². The third kappa shape index (κ3) is 10.1. The molecule has 0 fully saturated rings. The second-order valence-corrected chi connectivity index (χ2v) is 10.2. The van der Waals surface area contributed by atoms with E-state index < -0.39 is 24.3 Å². The van der Waals surface area contributed by atoms with E-state index in [9.17, 15) is 26.3 Å². The molecule has 43 heavy (non-hydrogen) atoms. The van der Waals surface area contributed by atoms with Crippen molar-refractivity contribution in [1.29, 1.82) is 0 Å². The molecule has 226 valence electrons. The number of benzene rings is 1. The monoisotopic (exact) mass is 689 g/mol. The van der Waals surface area contributed by atoms with E-state index in [2.05, 4.69) is 77.6 Å². The van der Waals surface area contributed by atoms with Crippen LogP contribution in [0.1, 0.15) is 4.88 Å². The summed E-state index contributed by atoms with van der Waals surface area (Å²) in [6.07, 6.45) is -6.58. The summed E-state index contributed by atoms with van der Waals surface area (Å²) in [6, 6.07) is 20.5. The van der Waals surface area contributed by atoms with Crippen LogP contribution in [0.3, 0.4) is 0 Å². The number of imidazole rings is 1. The van der Waals surface area contributed by atoms with Crippen molar-refractivity contribution in [2.75, 3.05) is 5.32 Å². The van der Waals surface area contributed by atoms with E-state index in [0.29, 0.717) is 0 Å². The maximum absolute atomic E-state index is 10.6. The quantitative estimate of drug-likeness (QED) is 0.140. The van der Waals surface area contributed by atoms with E-state index in [-0.39, 0.29) is 0 Å². The van der Waals surface area contributed by atoms with Crippen molar-refractivity contribution < 1.29 is 46.1 Å². The van der Waals surface area contributed by atoms with E-state index in [4.69, 9.17) is 19.8 Å². The topological polar surface area (TPSA) is 141 Å². The van der Waals surface area contributed by atoms with Gasteiger partial charge in [-0.25, -0.2) is 19.6 Å². The van der Waals surface area contributed by atoms with E-state index in [1.165, 1.54) is 9.75 Å². The second-order valence-electron chi connectivity index (χ2n) is 8.12. The molecule has 0 unspecified atom stereocenters. The smallest absolute Gasteiger partial charge is 0.475 e. The van der Waals surface area contributed by atoms with Gasteiger partial charge in [0.05, 0.1) is 10.6 Å². The average molecular weight is 690 g/mol. The van der Waals surface area contributed by atoms with Gasteiger partial charge in [-0.1, -0.05) is 6.07 Å². The number of fused-ring (bicyclic) bond motifs is 1. The third-order valence-electron chi connectivity index (χ3n) is 4.99. The predicted octanol–water partition coefficient (Wildman–Crippen LogP) is 7.39. The minimum absolute atomic E-state index is 0.777. The van der Waals surface area contributed by atoms with Gasteiger partial charge in [-0.05, 0) is 70.5 Å². The Balaban J connectivity index is 0.000000303. The first-order chi connectivity index (χ1) is 20.1. The third-order valence-corrected chi connectivity index (χ3v) is 6.53. The largest absolute Gasteiger partial charge is 0.490 e. The lowest BCUT2D eigenvalue weighted by molar-refractivity contribution is -0.193. The highest BCUT2D eigenvalue weighted by atomic mass is 79.9. The fourth-order valence-electron chi connectivity index (χ4n) is 3.06. The molecule has 0 saturated carbocycles. The second kappa shape index (κ2) is 14.1. The number of rotatable bonds is 5. The number of nitrogens with zero attached hydrogens (tertiary/aromatic N) is 3. The Morgan fingerprint density at radius 1 is 0.907 bits per heavy atom. The van der Waals surface area contributed by atoms with Crippen molar-refractivity contribution in [3.05, 3.63) is 82.4 Å². The molecule has 1 aromatic carbocycles. The normalized spacial score (nSPS) is 11.1. The Bertz CT molecular complexity index is 1650. The Kier molecular flexibility index (Phi) is 10.8. The lowest BCUT2D eigenvalue weighted by Gasteiger charge is -2.05. The first kappa shape index (κ1) is 33.0. The summed E-state index contributed by atoms with van der Waals surface area (Å²) >= 11 is 5.19. The number of hydrogen-bond donors (Lipinski definition) is 4. The van der Waals surface area contributed by atoms with Crippen molar-refractivity contribution in [3.8, 4) is 22.0 Å². The van der Waals surface area contributed by atoms with Gasteiger partial charge in [0.25, 0.3) is 0 Å². The molecule has 9 nitrogen and oxygen atoms in total. The molecule has 0 bridgehead atoms. The number of aromatic nitrogens is 4. The number of H-pyrrole nitrogens is 1. The Morgan fingerprint density at radius 2 is 1.53 bits per heavy atom. The maximum Gasteiger partial charge on any atom is 0.490 e. The SMILES string of the molecule is Brc1cnc2[nH]c(-c3ccc(NCc4ccc(-c5ccccn5)s4)cc3)nc2c1.O=C(O)C(F)(F)F.O=C(O)C(F)(F)F. The standard InChI is InChI=1S/C22H16BrN5S.2C2HF3O2/c23-15-11-19-22(26-12-15)28-21(27-19)14-4-6-16(7-5-14)25-13-17-8-9-20(29-17)18-3-1-2-10-24-18;2*3-2(4,5)1(6)7/h1-12,25H,13H2,(H,26,27,28);2*(H,6,7). The summed E-state index contributed by atoms with van der Waals surface area (Å²) in [4.78, 5) is 36.9. The average Bonchev–Trinajstić information content (AvgIpc) is 3.59. The van der Waals surface area contributed by atoms with E-state index >= 15 is 0 Å². The summed E-state index contributed by atoms with van der Waals surface area (Å²) in [5, 5.41) is 17.7. The number of thiophene rings is 1. The highest BCUT2D eigenvalue weighted by Crippen LogP contribution is 2.27. The molecule has 4 heterocycles. The summed E-state index contributed by atoms with van der Waals surface area (Å²) in [5.41, 5.74) is 4.74. The maximum atomic E-state index is 10.6. The number of alkyl halides is 6. The van der Waals surface area contributed by atoms with Gasteiger partial charge in [0, 0.05) is 39.5 Å². The van der Waals surface area contributed by atoms with Crippen LogP contribution in [0.5, 0.6) is 0 Å². The Hall–Kier alpha value is -4.51. The van der Waals surface area contributed by atoms with Crippen molar-refractivity contribution in [3.63, 3.8) is 0 Å².